The van der Waals surface area contributed by atoms with Crippen molar-refractivity contribution in [3.8, 4) is 0 Å². The van der Waals surface area contributed by atoms with E-state index in [4.69, 9.17) is 15.8 Å². The lowest BCUT2D eigenvalue weighted by molar-refractivity contribution is 0.423. The lowest BCUT2D eigenvalue weighted by Crippen LogP contribution is -2.33. The predicted octanol–water partition coefficient (Wildman–Crippen LogP) is 0.302. The van der Waals surface area contributed by atoms with E-state index in [0.717, 1.165) is 5.39 Å². The topological polar surface area (TPSA) is 66.5 Å². The lowest BCUT2D eigenvalue weighted by atomic mass is 9.79. The highest BCUT2D eigenvalue weighted by atomic mass is 32.1. The fourth-order valence-electron chi connectivity index (χ4n) is 1.33. The first-order chi connectivity index (χ1) is 6.61. The number of nitrogen functional groups attached to an aromatic ring is 1. The molecule has 3 nitrogen and oxygen atoms in total. The monoisotopic (exact) mass is 211 g/mol. The van der Waals surface area contributed by atoms with Gasteiger partial charge in [0.25, 0.3) is 0 Å². The number of fused-ring (bicyclic) bond motifs is 1. The van der Waals surface area contributed by atoms with Gasteiger partial charge in [-0.1, -0.05) is 6.07 Å². The van der Waals surface area contributed by atoms with Crippen LogP contribution >= 0.6 is 11.3 Å². The van der Waals surface area contributed by atoms with E-state index in [1.54, 1.807) is 11.4 Å². The van der Waals surface area contributed by atoms with Gasteiger partial charge in [0.05, 0.1) is 10.4 Å². The van der Waals surface area contributed by atoms with E-state index < -0.39 is 12.9 Å². The summed E-state index contributed by atoms with van der Waals surface area (Å²) < 4.78 is 14.1. The van der Waals surface area contributed by atoms with Crippen molar-refractivity contribution < 1.29 is 14.4 Å². The quantitative estimate of drug-likeness (QED) is 0.469. The highest BCUT2D eigenvalue weighted by Crippen LogP contribution is 2.27. The van der Waals surface area contributed by atoms with Crippen LogP contribution in [0.1, 0.15) is 0 Å². The van der Waals surface area contributed by atoms with Crippen LogP contribution in [0.3, 0.4) is 0 Å². The molecule has 6 heteroatoms. The highest BCUT2D eigenvalue weighted by Gasteiger charge is 2.20. The van der Waals surface area contributed by atoms with Crippen LogP contribution in [0.25, 0.3) is 10.1 Å². The summed E-state index contributed by atoms with van der Waals surface area (Å²) in [6.45, 7) is 0. The first-order valence-corrected chi connectivity index (χ1v) is 4.80. The maximum atomic E-state index is 13.4. The minimum absolute atomic E-state index is 0.0272. The van der Waals surface area contributed by atoms with Gasteiger partial charge >= 0.3 is 7.12 Å². The molecule has 4 N–H and O–H groups in total. The second kappa shape index (κ2) is 3.23. The van der Waals surface area contributed by atoms with Crippen molar-refractivity contribution in [3.63, 3.8) is 0 Å². The average molecular weight is 211 g/mol. The Balaban J connectivity index is 2.80. The summed E-state index contributed by atoms with van der Waals surface area (Å²) in [6, 6.07) is 3.14. The third-order valence-corrected chi connectivity index (χ3v) is 2.98. The number of anilines is 1. The summed E-state index contributed by atoms with van der Waals surface area (Å²) in [4.78, 5) is 0. The van der Waals surface area contributed by atoms with Crippen molar-refractivity contribution in [1.29, 1.82) is 0 Å². The van der Waals surface area contributed by atoms with Crippen molar-refractivity contribution in [1.82, 2.24) is 0 Å². The fourth-order valence-corrected chi connectivity index (χ4v) is 2.16. The van der Waals surface area contributed by atoms with Crippen molar-refractivity contribution in [3.05, 3.63) is 23.3 Å². The summed E-state index contributed by atoms with van der Waals surface area (Å²) >= 11 is 1.32. The number of hydrogen-bond donors (Lipinski definition) is 3. The minimum atomic E-state index is -1.83. The van der Waals surface area contributed by atoms with Gasteiger partial charge in [-0.3, -0.25) is 0 Å². The molecule has 0 saturated carbocycles. The van der Waals surface area contributed by atoms with Gasteiger partial charge in [-0.2, -0.15) is 0 Å². The number of benzene rings is 1. The van der Waals surface area contributed by atoms with E-state index in [-0.39, 0.29) is 11.2 Å². The molecule has 0 fully saturated rings. The van der Waals surface area contributed by atoms with Crippen LogP contribution in [0.15, 0.2) is 17.5 Å². The molecule has 0 unspecified atom stereocenters. The zero-order chi connectivity index (χ0) is 10.3. The minimum Gasteiger partial charge on any atom is -0.423 e. The van der Waals surface area contributed by atoms with Crippen LogP contribution in [0.5, 0.6) is 0 Å². The molecule has 1 aromatic carbocycles. The third kappa shape index (κ3) is 1.28. The molecule has 1 aromatic heterocycles. The van der Waals surface area contributed by atoms with Crippen LogP contribution in [0.2, 0.25) is 0 Å². The largest absolute Gasteiger partial charge is 0.491 e. The SMILES string of the molecule is Nc1c(F)c(B(O)O)cc2ccsc12. The van der Waals surface area contributed by atoms with Crippen LogP contribution in [0.4, 0.5) is 10.1 Å². The van der Waals surface area contributed by atoms with Crippen LogP contribution in [-0.4, -0.2) is 17.2 Å². The Morgan fingerprint density at radius 3 is 2.79 bits per heavy atom. The second-order valence-corrected chi connectivity index (χ2v) is 3.82. The molecule has 0 saturated heterocycles. The van der Waals surface area contributed by atoms with Gasteiger partial charge in [0.1, 0.15) is 5.82 Å². The summed E-state index contributed by atoms with van der Waals surface area (Å²) in [5, 5.41) is 20.3. The van der Waals surface area contributed by atoms with Gasteiger partial charge in [-0.05, 0) is 16.8 Å². The number of nitrogens with two attached hydrogens (primary N) is 1. The van der Waals surface area contributed by atoms with Gasteiger partial charge in [0, 0.05) is 5.46 Å². The summed E-state index contributed by atoms with van der Waals surface area (Å²) in [5.74, 6) is -0.755. The zero-order valence-electron chi connectivity index (χ0n) is 7.07. The van der Waals surface area contributed by atoms with E-state index in [2.05, 4.69) is 0 Å². The van der Waals surface area contributed by atoms with E-state index in [9.17, 15) is 4.39 Å². The third-order valence-electron chi connectivity index (χ3n) is 2.02. The number of hydrogen-bond acceptors (Lipinski definition) is 4. The highest BCUT2D eigenvalue weighted by molar-refractivity contribution is 7.17. The van der Waals surface area contributed by atoms with Gasteiger partial charge in [0.15, 0.2) is 0 Å². The van der Waals surface area contributed by atoms with Crippen LogP contribution in [0, 0.1) is 5.82 Å². The number of halogens is 1. The molecule has 14 heavy (non-hydrogen) atoms. The number of thiophene rings is 1. The Morgan fingerprint density at radius 2 is 2.14 bits per heavy atom. The average Bonchev–Trinajstić information content (AvgIpc) is 2.58. The Hall–Kier alpha value is -1.11. The maximum Gasteiger partial charge on any atom is 0.491 e. The van der Waals surface area contributed by atoms with Gasteiger partial charge in [-0.25, -0.2) is 4.39 Å². The molecule has 0 spiro atoms. The fraction of sp³-hybridized carbons (Fsp3) is 0. The predicted molar refractivity (Wildman–Crippen MR) is 56.0 cm³/mol. The smallest absolute Gasteiger partial charge is 0.423 e. The molecule has 0 amide bonds. The first kappa shape index (κ1) is 9.45. The van der Waals surface area contributed by atoms with Gasteiger partial charge in [0.2, 0.25) is 0 Å². The zero-order valence-corrected chi connectivity index (χ0v) is 7.88. The number of rotatable bonds is 1. The van der Waals surface area contributed by atoms with E-state index in [1.165, 1.54) is 17.4 Å². The standard InChI is InChI=1S/C8H7BFNO2S/c10-6-5(9(12)13)3-4-1-2-14-8(4)7(6)11/h1-3,12-13H,11H2. The molecule has 0 atom stereocenters. The van der Waals surface area contributed by atoms with E-state index >= 15 is 0 Å². The van der Waals surface area contributed by atoms with Gasteiger partial charge in [-0.15, -0.1) is 11.3 Å². The molecule has 0 aliphatic heterocycles. The van der Waals surface area contributed by atoms with Crippen LogP contribution in [-0.2, 0) is 0 Å². The van der Waals surface area contributed by atoms with Crippen molar-refractivity contribution in [2.24, 2.45) is 0 Å². The lowest BCUT2D eigenvalue weighted by Gasteiger charge is -2.05. The maximum absolute atomic E-state index is 13.4. The van der Waals surface area contributed by atoms with Crippen molar-refractivity contribution >= 4 is 39.7 Å². The molecule has 1 heterocycles. The second-order valence-electron chi connectivity index (χ2n) is 2.91. The Bertz CT molecular complexity index is 485. The molecule has 0 aliphatic carbocycles. The summed E-state index contributed by atoms with van der Waals surface area (Å²) in [5.41, 5.74) is 5.30. The van der Waals surface area contributed by atoms with E-state index in [0.29, 0.717) is 4.70 Å². The Morgan fingerprint density at radius 1 is 1.43 bits per heavy atom. The molecular weight excluding hydrogens is 204 g/mol. The van der Waals surface area contributed by atoms with Crippen LogP contribution < -0.4 is 11.2 Å². The molecular formula is C8H7BFNO2S. The molecule has 0 bridgehead atoms. The van der Waals surface area contributed by atoms with Crippen molar-refractivity contribution in [2.75, 3.05) is 5.73 Å². The summed E-state index contributed by atoms with van der Waals surface area (Å²) in [6.07, 6.45) is 0. The molecule has 72 valence electrons. The van der Waals surface area contributed by atoms with Crippen molar-refractivity contribution in [2.45, 2.75) is 0 Å². The molecule has 0 aliphatic rings. The normalized spacial score (nSPS) is 10.8. The van der Waals surface area contributed by atoms with Gasteiger partial charge < -0.3 is 15.8 Å². The van der Waals surface area contributed by atoms with E-state index in [1.807, 2.05) is 0 Å². The Kier molecular flexibility index (Phi) is 2.18. The summed E-state index contributed by atoms with van der Waals surface area (Å²) in [7, 11) is -1.83. The molecule has 2 aromatic rings. The Labute approximate surface area is 83.7 Å². The molecule has 0 radical (unpaired) electrons. The molecule has 2 rings (SSSR count). The first-order valence-electron chi connectivity index (χ1n) is 3.92.